The Hall–Kier alpha value is -4.05. The summed E-state index contributed by atoms with van der Waals surface area (Å²) in [5.41, 5.74) is 1.06. The van der Waals surface area contributed by atoms with Gasteiger partial charge in [0.2, 0.25) is 11.8 Å². The summed E-state index contributed by atoms with van der Waals surface area (Å²) in [4.78, 5) is 50.0. The van der Waals surface area contributed by atoms with Gasteiger partial charge < -0.3 is 15.1 Å². The van der Waals surface area contributed by atoms with E-state index in [-0.39, 0.29) is 17.7 Å². The molecule has 6 rings (SSSR count). The number of aromatic nitrogens is 3. The fourth-order valence-electron chi connectivity index (χ4n) is 6.06. The quantitative estimate of drug-likeness (QED) is 0.382. The van der Waals surface area contributed by atoms with Gasteiger partial charge in [-0.2, -0.15) is 5.10 Å². The molecule has 2 atom stereocenters. The fourth-order valence-corrected chi connectivity index (χ4v) is 7.09. The first-order valence-corrected chi connectivity index (χ1v) is 15.6. The lowest BCUT2D eigenvalue weighted by Crippen LogP contribution is -2.53. The Morgan fingerprint density at radius 2 is 1.79 bits per heavy atom. The van der Waals surface area contributed by atoms with Crippen LogP contribution in [0.1, 0.15) is 65.0 Å². The van der Waals surface area contributed by atoms with Gasteiger partial charge in [0.15, 0.2) is 0 Å². The minimum Gasteiger partial charge on any atom is -0.344 e. The Kier molecular flexibility index (Phi) is 8.32. The normalized spacial score (nSPS) is 20.5. The van der Waals surface area contributed by atoms with Gasteiger partial charge in [-0.05, 0) is 62.1 Å². The molecule has 9 nitrogen and oxygen atoms in total. The largest absolute Gasteiger partial charge is 0.344 e. The van der Waals surface area contributed by atoms with Gasteiger partial charge in [0.05, 0.1) is 17.5 Å². The maximum atomic E-state index is 13.8. The number of nitrogens with zero attached hydrogens (tertiary/aromatic N) is 5. The van der Waals surface area contributed by atoms with Gasteiger partial charge in [-0.1, -0.05) is 48.5 Å². The van der Waals surface area contributed by atoms with Gasteiger partial charge in [0, 0.05) is 30.8 Å². The van der Waals surface area contributed by atoms with Crippen LogP contribution in [0.3, 0.4) is 0 Å². The van der Waals surface area contributed by atoms with Crippen molar-refractivity contribution in [1.29, 1.82) is 0 Å². The summed E-state index contributed by atoms with van der Waals surface area (Å²) >= 11 is 1.49. The molecule has 0 unspecified atom stereocenters. The lowest BCUT2D eigenvalue weighted by molar-refractivity contribution is -0.142. The van der Waals surface area contributed by atoms with Gasteiger partial charge in [-0.15, -0.1) is 11.3 Å². The number of piperidine rings is 1. The van der Waals surface area contributed by atoms with E-state index in [1.54, 1.807) is 4.90 Å². The highest BCUT2D eigenvalue weighted by atomic mass is 32.1. The SMILES string of the molecule is Cc1nc2n(n1)CCN(C(=O)c1cc3ccccc3s1)CCCC(=O)N1CCCC[C@H]1C(=O)N[C@@H]2Cc1ccccc1. The van der Waals surface area contributed by atoms with Crippen molar-refractivity contribution in [2.75, 3.05) is 19.6 Å². The number of carbonyl (C=O) groups is 3. The zero-order chi connectivity index (χ0) is 29.1. The molecule has 2 aromatic heterocycles. The topological polar surface area (TPSA) is 100 Å². The number of amides is 3. The minimum atomic E-state index is -0.513. The van der Waals surface area contributed by atoms with Crippen molar-refractivity contribution < 1.29 is 14.4 Å². The Morgan fingerprint density at radius 1 is 0.976 bits per heavy atom. The molecule has 4 heterocycles. The van der Waals surface area contributed by atoms with Crippen molar-refractivity contribution in [3.8, 4) is 0 Å². The number of benzene rings is 2. The second kappa shape index (κ2) is 12.4. The van der Waals surface area contributed by atoms with Crippen molar-refractivity contribution in [2.45, 2.75) is 64.1 Å². The third-order valence-corrected chi connectivity index (χ3v) is 9.27. The van der Waals surface area contributed by atoms with E-state index in [0.29, 0.717) is 68.4 Å². The standard InChI is InChI=1S/C32H36N6O3S/c1-22-33-30-25(20-23-10-3-2-4-11-23)34-31(40)26-13-7-8-17-37(26)29(39)15-9-16-36(18-19-38(30)35-22)32(41)28-21-24-12-5-6-14-27(24)42-28/h2-6,10-12,14,21,25-26H,7-9,13,15-20H2,1H3,(H,34,40)/t25-,26+/m1/s1. The highest BCUT2D eigenvalue weighted by Crippen LogP contribution is 2.27. The minimum absolute atomic E-state index is 0.0280. The highest BCUT2D eigenvalue weighted by Gasteiger charge is 2.34. The monoisotopic (exact) mass is 584 g/mol. The van der Waals surface area contributed by atoms with Crippen LogP contribution in [-0.2, 0) is 22.6 Å². The van der Waals surface area contributed by atoms with Gasteiger partial charge in [0.1, 0.15) is 17.7 Å². The van der Waals surface area contributed by atoms with Crippen LogP contribution in [0.15, 0.2) is 60.7 Å². The molecule has 2 aliphatic rings. The zero-order valence-electron chi connectivity index (χ0n) is 23.9. The van der Waals surface area contributed by atoms with E-state index in [0.717, 1.165) is 28.5 Å². The van der Waals surface area contributed by atoms with Gasteiger partial charge in [-0.3, -0.25) is 14.4 Å². The lowest BCUT2D eigenvalue weighted by atomic mass is 9.99. The smallest absolute Gasteiger partial charge is 0.264 e. The molecule has 2 aromatic carbocycles. The Morgan fingerprint density at radius 3 is 2.62 bits per heavy atom. The number of rotatable bonds is 3. The molecule has 1 N–H and O–H groups in total. The van der Waals surface area contributed by atoms with E-state index in [2.05, 4.69) is 10.4 Å². The molecule has 2 aliphatic heterocycles. The van der Waals surface area contributed by atoms with Crippen LogP contribution in [-0.4, -0.2) is 68.0 Å². The summed E-state index contributed by atoms with van der Waals surface area (Å²) in [6, 6.07) is 19.0. The second-order valence-electron chi connectivity index (χ2n) is 11.1. The molecule has 3 amide bonds. The summed E-state index contributed by atoms with van der Waals surface area (Å²) in [7, 11) is 0. The third-order valence-electron chi connectivity index (χ3n) is 8.17. The molecule has 0 bridgehead atoms. The highest BCUT2D eigenvalue weighted by molar-refractivity contribution is 7.20. The molecule has 4 aromatic rings. The molecule has 0 radical (unpaired) electrons. The van der Waals surface area contributed by atoms with Crippen molar-refractivity contribution >= 4 is 39.1 Å². The van der Waals surface area contributed by atoms with E-state index in [1.165, 1.54) is 11.3 Å². The first kappa shape index (κ1) is 28.1. The zero-order valence-corrected chi connectivity index (χ0v) is 24.7. The van der Waals surface area contributed by atoms with E-state index >= 15 is 0 Å². The Labute approximate surface area is 249 Å². The van der Waals surface area contributed by atoms with E-state index in [4.69, 9.17) is 4.98 Å². The van der Waals surface area contributed by atoms with Crippen LogP contribution in [0.5, 0.6) is 0 Å². The van der Waals surface area contributed by atoms with Crippen LogP contribution < -0.4 is 5.32 Å². The number of carbonyl (C=O) groups excluding carboxylic acids is 3. The lowest BCUT2D eigenvalue weighted by Gasteiger charge is -2.36. The summed E-state index contributed by atoms with van der Waals surface area (Å²) in [5, 5.41) is 8.98. The van der Waals surface area contributed by atoms with E-state index in [1.807, 2.05) is 77.2 Å². The van der Waals surface area contributed by atoms with Gasteiger partial charge in [-0.25, -0.2) is 9.67 Å². The van der Waals surface area contributed by atoms with Crippen molar-refractivity contribution in [3.63, 3.8) is 0 Å². The summed E-state index contributed by atoms with van der Waals surface area (Å²) in [6.45, 7) is 3.70. The fraction of sp³-hybridized carbons (Fsp3) is 0.406. The van der Waals surface area contributed by atoms with E-state index in [9.17, 15) is 14.4 Å². The van der Waals surface area contributed by atoms with Crippen LogP contribution in [0.25, 0.3) is 10.1 Å². The van der Waals surface area contributed by atoms with Gasteiger partial charge in [0.25, 0.3) is 5.91 Å². The molecule has 218 valence electrons. The molecule has 42 heavy (non-hydrogen) atoms. The molecule has 0 saturated carbocycles. The Bertz CT molecular complexity index is 1550. The number of aryl methyl sites for hydroxylation is 1. The first-order valence-electron chi connectivity index (χ1n) is 14.8. The van der Waals surface area contributed by atoms with Crippen LogP contribution >= 0.6 is 11.3 Å². The molecular formula is C32H36N6O3S. The average Bonchev–Trinajstić information content (AvgIpc) is 3.61. The van der Waals surface area contributed by atoms with Gasteiger partial charge >= 0.3 is 0 Å². The maximum absolute atomic E-state index is 13.8. The summed E-state index contributed by atoms with van der Waals surface area (Å²) in [6.07, 6.45) is 3.78. The second-order valence-corrected chi connectivity index (χ2v) is 12.2. The van der Waals surface area contributed by atoms with E-state index < -0.39 is 12.1 Å². The van der Waals surface area contributed by atoms with Crippen LogP contribution in [0, 0.1) is 6.92 Å². The molecule has 1 fully saturated rings. The molecule has 10 heteroatoms. The summed E-state index contributed by atoms with van der Waals surface area (Å²) in [5.74, 6) is 1.05. The molecule has 0 spiro atoms. The number of nitrogens with one attached hydrogen (secondary N) is 1. The number of thiophene rings is 1. The molecule has 0 aliphatic carbocycles. The van der Waals surface area contributed by atoms with Crippen LogP contribution in [0.2, 0.25) is 0 Å². The molecular weight excluding hydrogens is 548 g/mol. The number of fused-ring (bicyclic) bond motifs is 3. The van der Waals surface area contributed by atoms with Crippen molar-refractivity contribution in [3.05, 3.63) is 82.8 Å². The third kappa shape index (κ3) is 6.09. The first-order chi connectivity index (χ1) is 20.5. The number of hydrogen-bond donors (Lipinski definition) is 1. The Balaban J connectivity index is 1.34. The van der Waals surface area contributed by atoms with Crippen molar-refractivity contribution in [2.24, 2.45) is 0 Å². The number of hydrogen-bond acceptors (Lipinski definition) is 6. The summed E-state index contributed by atoms with van der Waals surface area (Å²) < 4.78 is 2.91. The predicted octanol–water partition coefficient (Wildman–Crippen LogP) is 4.52. The molecule has 1 saturated heterocycles. The van der Waals surface area contributed by atoms with Crippen molar-refractivity contribution in [1.82, 2.24) is 29.9 Å². The average molecular weight is 585 g/mol. The predicted molar refractivity (Wildman–Crippen MR) is 162 cm³/mol. The van der Waals surface area contributed by atoms with Crippen LogP contribution in [0.4, 0.5) is 0 Å². The maximum Gasteiger partial charge on any atom is 0.264 e.